The zero-order valence-electron chi connectivity index (χ0n) is 35.2. The van der Waals surface area contributed by atoms with Gasteiger partial charge in [0.2, 0.25) is 0 Å². The summed E-state index contributed by atoms with van der Waals surface area (Å²) in [6.45, 7) is 16.9. The van der Waals surface area contributed by atoms with E-state index in [1.165, 1.54) is 50.0 Å². The Balaban J connectivity index is -0.0000000510. The van der Waals surface area contributed by atoms with Gasteiger partial charge in [-0.15, -0.1) is 23.5 Å². The van der Waals surface area contributed by atoms with Gasteiger partial charge in [0.25, 0.3) is 0 Å². The average Bonchev–Trinajstić information content (AvgIpc) is 3.10. The normalized spacial score (nSPS) is 9.21. The summed E-state index contributed by atoms with van der Waals surface area (Å²) in [6.07, 6.45) is 27.1. The lowest BCUT2D eigenvalue weighted by Crippen LogP contribution is -2.06. The second-order valence-electron chi connectivity index (χ2n) is 8.53. The molecule has 8 nitrogen and oxygen atoms in total. The van der Waals surface area contributed by atoms with Crippen LogP contribution in [-0.2, 0) is 4.74 Å². The lowest BCUT2D eigenvalue weighted by atomic mass is 10.3. The Morgan fingerprint density at radius 1 is 0.646 bits per heavy atom. The molecule has 0 aromatic carbocycles. The predicted molar refractivity (Wildman–Crippen MR) is 242 cm³/mol. The first kappa shape index (κ1) is 69.0. The summed E-state index contributed by atoms with van der Waals surface area (Å²) in [4.78, 5) is 3.62. The Hall–Kier alpha value is -0.790. The Morgan fingerprint density at radius 3 is 1.27 bits per heavy atom. The molecule has 0 spiro atoms. The van der Waals surface area contributed by atoms with Crippen molar-refractivity contribution in [1.82, 2.24) is 21.3 Å². The van der Waals surface area contributed by atoms with Gasteiger partial charge in [0.15, 0.2) is 0 Å². The molecule has 4 N–H and O–H groups in total. The van der Waals surface area contributed by atoms with Gasteiger partial charge < -0.3 is 26.0 Å². The average molecular weight is 762 g/mol. The third kappa shape index (κ3) is 216. The molecule has 0 heterocycles. The minimum absolute atomic E-state index is 0.788. The number of methoxy groups -OCH3 is 1. The lowest BCUT2D eigenvalue weighted by molar-refractivity contribution is 0.337. The van der Waals surface area contributed by atoms with Crippen molar-refractivity contribution in [3.8, 4) is 0 Å². The molecule has 0 saturated carbocycles. The minimum atomic E-state index is 0.788. The van der Waals surface area contributed by atoms with E-state index < -0.39 is 0 Å². The van der Waals surface area contributed by atoms with E-state index in [-0.39, 0.29) is 0 Å². The van der Waals surface area contributed by atoms with Gasteiger partial charge in [0.1, 0.15) is 5.88 Å². The predicted octanol–water partition coefficient (Wildman–Crippen LogP) is 10.6. The highest BCUT2D eigenvalue weighted by atomic mass is 32.2. The second kappa shape index (κ2) is 111. The monoisotopic (exact) mass is 762 g/mol. The molecule has 12 heteroatoms. The molecule has 0 atom stereocenters. The van der Waals surface area contributed by atoms with Crippen LogP contribution in [0.3, 0.4) is 0 Å². The van der Waals surface area contributed by atoms with E-state index >= 15 is 0 Å². The smallest absolute Gasteiger partial charge is 0.105 e. The largest absolute Gasteiger partial charge is 0.505 e. The molecule has 296 valence electrons. The van der Waals surface area contributed by atoms with Crippen molar-refractivity contribution in [3.63, 3.8) is 0 Å². The van der Waals surface area contributed by atoms with E-state index in [1.807, 2.05) is 115 Å². The molecule has 0 aliphatic heterocycles. The van der Waals surface area contributed by atoms with Crippen molar-refractivity contribution in [2.75, 3.05) is 105 Å². The van der Waals surface area contributed by atoms with Crippen LogP contribution in [0.4, 0.5) is 0 Å². The van der Waals surface area contributed by atoms with E-state index in [0.717, 1.165) is 19.0 Å². The minimum Gasteiger partial charge on any atom is -0.505 e. The molecule has 0 radical (unpaired) electrons. The van der Waals surface area contributed by atoms with Gasteiger partial charge in [-0.25, -0.2) is 0 Å². The summed E-state index contributed by atoms with van der Waals surface area (Å²) in [6, 6.07) is 0. The summed E-state index contributed by atoms with van der Waals surface area (Å²) >= 11 is 7.21. The van der Waals surface area contributed by atoms with Crippen molar-refractivity contribution < 1.29 is 4.74 Å². The van der Waals surface area contributed by atoms with Gasteiger partial charge in [0, 0.05) is 28.2 Å². The molecular formula is C36H87N7OS4. The fourth-order valence-corrected chi connectivity index (χ4v) is 3.27. The van der Waals surface area contributed by atoms with Crippen molar-refractivity contribution in [2.24, 2.45) is 15.2 Å². The van der Waals surface area contributed by atoms with Gasteiger partial charge in [-0.1, -0.05) is 58.8 Å². The third-order valence-electron chi connectivity index (χ3n) is 3.85. The number of allylic oxidation sites excluding steroid dienone is 3. The van der Waals surface area contributed by atoms with Crippen molar-refractivity contribution in [2.45, 2.75) is 87.0 Å². The van der Waals surface area contributed by atoms with Crippen molar-refractivity contribution in [1.29, 1.82) is 0 Å². The van der Waals surface area contributed by atoms with E-state index in [0.29, 0.717) is 0 Å². The molecule has 0 amide bonds. The summed E-state index contributed by atoms with van der Waals surface area (Å²) < 4.78 is 4.51. The zero-order chi connectivity index (χ0) is 39.2. The number of rotatable bonds is 16. The maximum Gasteiger partial charge on any atom is 0.105 e. The molecular weight excluding hydrogens is 675 g/mol. The molecule has 0 aromatic heterocycles. The summed E-state index contributed by atoms with van der Waals surface area (Å²) in [7, 11) is 12.7. The van der Waals surface area contributed by atoms with Crippen LogP contribution in [0.15, 0.2) is 51.3 Å². The molecule has 48 heavy (non-hydrogen) atoms. The highest BCUT2D eigenvalue weighted by molar-refractivity contribution is 8.01. The number of hydrogen-bond donors (Lipinski definition) is 4. The Labute approximate surface area is 321 Å². The van der Waals surface area contributed by atoms with Crippen LogP contribution in [0.1, 0.15) is 87.0 Å². The summed E-state index contributed by atoms with van der Waals surface area (Å²) in [5.41, 5.74) is 0. The maximum absolute atomic E-state index is 4.51. The van der Waals surface area contributed by atoms with Crippen LogP contribution in [0.2, 0.25) is 0 Å². The lowest BCUT2D eigenvalue weighted by Gasteiger charge is -1.89. The molecule has 0 saturated heterocycles. The van der Waals surface area contributed by atoms with Crippen LogP contribution < -0.4 is 21.3 Å². The SMILES string of the molecule is CC=CNC.CC=COC.CC=CSC.CCCCNC.CCCCSC.CCCNC.CCCSC.CN=CNC.CN=NCSC. The number of thioether (sulfide) groups is 4. The van der Waals surface area contributed by atoms with Crippen LogP contribution >= 0.6 is 47.0 Å². The van der Waals surface area contributed by atoms with Crippen LogP contribution in [-0.4, -0.2) is 111 Å². The molecule has 0 aromatic rings. The topological polar surface area (TPSA) is 94.4 Å². The number of unbranched alkanes of at least 4 members (excludes halogenated alkanes) is 2. The number of nitrogens with zero attached hydrogens (tertiary/aromatic N) is 3. The van der Waals surface area contributed by atoms with E-state index in [9.17, 15) is 0 Å². The number of hydrogen-bond acceptors (Lipinski definition) is 11. The van der Waals surface area contributed by atoms with E-state index in [4.69, 9.17) is 0 Å². The Kier molecular flexibility index (Phi) is 159. The van der Waals surface area contributed by atoms with Crippen molar-refractivity contribution in [3.05, 3.63) is 36.1 Å². The third-order valence-corrected chi connectivity index (χ3v) is 6.29. The number of ether oxygens (including phenoxy) is 1. The fraction of sp³-hybridized carbons (Fsp3) is 0.806. The van der Waals surface area contributed by atoms with Crippen LogP contribution in [0.25, 0.3) is 0 Å². The molecule has 0 bridgehead atoms. The van der Waals surface area contributed by atoms with Gasteiger partial charge in [0.05, 0.1) is 19.7 Å². The first-order valence-electron chi connectivity index (χ1n) is 16.9. The number of azo groups is 1. The molecule has 0 fully saturated rings. The zero-order valence-corrected chi connectivity index (χ0v) is 38.5. The van der Waals surface area contributed by atoms with Gasteiger partial charge >= 0.3 is 0 Å². The van der Waals surface area contributed by atoms with Gasteiger partial charge in [-0.2, -0.15) is 33.8 Å². The van der Waals surface area contributed by atoms with Crippen LogP contribution in [0, 0.1) is 0 Å². The number of aliphatic imine (C=N–C) groups is 1. The highest BCUT2D eigenvalue weighted by Crippen LogP contribution is 1.96. The summed E-state index contributed by atoms with van der Waals surface area (Å²) in [5.74, 6) is 3.42. The molecule has 0 aliphatic carbocycles. The Bertz CT molecular complexity index is 455. The second-order valence-corrected chi connectivity index (χ2v) is 12.1. The van der Waals surface area contributed by atoms with Crippen molar-refractivity contribution >= 4 is 53.4 Å². The van der Waals surface area contributed by atoms with E-state index in [2.05, 4.69) is 81.4 Å². The van der Waals surface area contributed by atoms with Gasteiger partial charge in [-0.05, 0) is 122 Å². The summed E-state index contributed by atoms with van der Waals surface area (Å²) in [5, 5.41) is 20.9. The quantitative estimate of drug-likeness (QED) is 0.0403. The standard InChI is InChI=1S/C5H13N.C5H12S.C4H11N.C4H9N.C4H8O.C4H10S.C4H8S.C3H8N2S.C3H8N2/c2*1-3-4-5-6-2;5*1-3-4-5-2;1-4-5-3-6-2;1-4-3-5-2/h6H,3-5H2,1-2H3;3-5H2,1-2H3;5H,3-4H2,1-2H3;3-5H,1-2H3;3-4H,1-2H3;3-4H2,1-2H3;3-4H,1-2H3;3H2,1-2H3;3H,1-2H3,(H,4,5). The first-order valence-corrected chi connectivity index (χ1v) is 22.4. The molecule has 0 aliphatic rings. The van der Waals surface area contributed by atoms with E-state index in [1.54, 1.807) is 57.3 Å². The highest BCUT2D eigenvalue weighted by Gasteiger charge is 1.75. The number of nitrogens with one attached hydrogen (secondary N) is 4. The first-order chi connectivity index (χ1) is 23.2. The molecule has 0 unspecified atom stereocenters. The van der Waals surface area contributed by atoms with Gasteiger partial charge in [-0.3, -0.25) is 4.99 Å². The maximum atomic E-state index is 4.51. The Morgan fingerprint density at radius 2 is 1.21 bits per heavy atom. The van der Waals surface area contributed by atoms with Crippen LogP contribution in [0.5, 0.6) is 0 Å². The fourth-order valence-electron chi connectivity index (χ4n) is 1.78. The molecule has 0 rings (SSSR count).